The largest absolute Gasteiger partial charge is 0.343 e. The normalized spacial score (nSPS) is 18.9. The SMILES string of the molecule is NC[C@@H]1CN[C@@H](C(=O)NC(CCc2ccccc2)C(=O)Nc2ccc3cccnc3c2)C1. The Balaban J connectivity index is 1.46. The van der Waals surface area contributed by atoms with E-state index in [9.17, 15) is 9.59 Å². The van der Waals surface area contributed by atoms with E-state index < -0.39 is 6.04 Å². The zero-order chi connectivity index (χ0) is 22.3. The molecule has 1 aliphatic rings. The highest BCUT2D eigenvalue weighted by atomic mass is 16.2. The minimum atomic E-state index is -0.652. The molecule has 1 aromatic heterocycles. The quantitative estimate of drug-likeness (QED) is 0.437. The van der Waals surface area contributed by atoms with E-state index >= 15 is 0 Å². The number of anilines is 1. The Hall–Kier alpha value is -3.29. The second-order valence-electron chi connectivity index (χ2n) is 8.28. The van der Waals surface area contributed by atoms with Crippen LogP contribution in [0.1, 0.15) is 18.4 Å². The molecule has 2 aromatic carbocycles. The first-order valence-corrected chi connectivity index (χ1v) is 11.1. The van der Waals surface area contributed by atoms with Gasteiger partial charge in [0.05, 0.1) is 11.6 Å². The predicted octanol–water partition coefficient (Wildman–Crippen LogP) is 2.23. The third kappa shape index (κ3) is 5.49. The van der Waals surface area contributed by atoms with Gasteiger partial charge in [-0.05, 0) is 62.0 Å². The molecular weight excluding hydrogens is 402 g/mol. The van der Waals surface area contributed by atoms with Crippen LogP contribution in [-0.2, 0) is 16.0 Å². The highest BCUT2D eigenvalue weighted by molar-refractivity contribution is 5.99. The second kappa shape index (κ2) is 10.3. The van der Waals surface area contributed by atoms with Crippen LogP contribution in [0.5, 0.6) is 0 Å². The van der Waals surface area contributed by atoms with Gasteiger partial charge in [-0.2, -0.15) is 0 Å². The van der Waals surface area contributed by atoms with Gasteiger partial charge in [-0.1, -0.05) is 42.5 Å². The Morgan fingerprint density at radius 1 is 1.12 bits per heavy atom. The molecule has 0 aliphatic carbocycles. The van der Waals surface area contributed by atoms with Gasteiger partial charge in [0.15, 0.2) is 0 Å². The van der Waals surface area contributed by atoms with Crippen molar-refractivity contribution >= 4 is 28.4 Å². The number of nitrogens with two attached hydrogens (primary N) is 1. The summed E-state index contributed by atoms with van der Waals surface area (Å²) >= 11 is 0. The molecule has 0 bridgehead atoms. The summed E-state index contributed by atoms with van der Waals surface area (Å²) in [4.78, 5) is 30.4. The van der Waals surface area contributed by atoms with Crippen LogP contribution in [0, 0.1) is 5.92 Å². The molecule has 4 rings (SSSR count). The van der Waals surface area contributed by atoms with E-state index in [0.717, 1.165) is 23.0 Å². The number of nitrogens with zero attached hydrogens (tertiary/aromatic N) is 1. The van der Waals surface area contributed by atoms with E-state index in [2.05, 4.69) is 20.9 Å². The highest BCUT2D eigenvalue weighted by Crippen LogP contribution is 2.18. The van der Waals surface area contributed by atoms with E-state index in [4.69, 9.17) is 5.73 Å². The van der Waals surface area contributed by atoms with Crippen LogP contribution < -0.4 is 21.7 Å². The summed E-state index contributed by atoms with van der Waals surface area (Å²) in [6.45, 7) is 1.27. The number of aryl methyl sites for hydroxylation is 1. The fraction of sp³-hybridized carbons (Fsp3) is 0.320. The van der Waals surface area contributed by atoms with Gasteiger partial charge in [-0.15, -0.1) is 0 Å². The van der Waals surface area contributed by atoms with Crippen molar-refractivity contribution in [2.45, 2.75) is 31.3 Å². The summed E-state index contributed by atoms with van der Waals surface area (Å²) < 4.78 is 0. The molecule has 3 atom stereocenters. The summed E-state index contributed by atoms with van der Waals surface area (Å²) in [5.41, 5.74) is 8.32. The molecule has 0 radical (unpaired) electrons. The van der Waals surface area contributed by atoms with Gasteiger partial charge in [0.1, 0.15) is 6.04 Å². The minimum Gasteiger partial charge on any atom is -0.343 e. The summed E-state index contributed by atoms with van der Waals surface area (Å²) in [5.74, 6) is -0.111. The zero-order valence-electron chi connectivity index (χ0n) is 18.0. The average Bonchev–Trinajstić information content (AvgIpc) is 3.32. The summed E-state index contributed by atoms with van der Waals surface area (Å²) in [6.07, 6.45) is 3.59. The smallest absolute Gasteiger partial charge is 0.246 e. The molecule has 0 spiro atoms. The van der Waals surface area contributed by atoms with Gasteiger partial charge < -0.3 is 21.7 Å². The van der Waals surface area contributed by atoms with Gasteiger partial charge in [0.25, 0.3) is 0 Å². The Morgan fingerprint density at radius 3 is 2.75 bits per heavy atom. The fourth-order valence-corrected chi connectivity index (χ4v) is 4.06. The Kier molecular flexibility index (Phi) is 7.09. The Morgan fingerprint density at radius 2 is 1.97 bits per heavy atom. The number of carbonyl (C=O) groups is 2. The molecule has 1 unspecified atom stereocenters. The molecule has 1 aliphatic heterocycles. The van der Waals surface area contributed by atoms with Crippen LogP contribution in [0.3, 0.4) is 0 Å². The topological polar surface area (TPSA) is 109 Å². The van der Waals surface area contributed by atoms with Crippen molar-refractivity contribution in [3.63, 3.8) is 0 Å². The maximum absolute atomic E-state index is 13.2. The third-order valence-electron chi connectivity index (χ3n) is 5.94. The van der Waals surface area contributed by atoms with Gasteiger partial charge in [0.2, 0.25) is 11.8 Å². The summed E-state index contributed by atoms with van der Waals surface area (Å²) in [7, 11) is 0. The molecule has 1 saturated heterocycles. The second-order valence-corrected chi connectivity index (χ2v) is 8.28. The van der Waals surface area contributed by atoms with E-state index in [1.165, 1.54) is 0 Å². The first kappa shape index (κ1) is 21.9. The highest BCUT2D eigenvalue weighted by Gasteiger charge is 2.31. The molecule has 5 N–H and O–H groups in total. The zero-order valence-corrected chi connectivity index (χ0v) is 18.0. The molecule has 0 saturated carbocycles. The number of aromatic nitrogens is 1. The van der Waals surface area contributed by atoms with Crippen LogP contribution in [0.25, 0.3) is 10.9 Å². The molecule has 1 fully saturated rings. The van der Waals surface area contributed by atoms with E-state index in [1.807, 2.05) is 60.7 Å². The first-order chi connectivity index (χ1) is 15.6. The van der Waals surface area contributed by atoms with Crippen molar-refractivity contribution < 1.29 is 9.59 Å². The molecule has 32 heavy (non-hydrogen) atoms. The summed E-state index contributed by atoms with van der Waals surface area (Å²) in [5, 5.41) is 10.1. The van der Waals surface area contributed by atoms with Crippen LogP contribution in [0.2, 0.25) is 0 Å². The van der Waals surface area contributed by atoms with Gasteiger partial charge >= 0.3 is 0 Å². The Labute approximate surface area is 187 Å². The third-order valence-corrected chi connectivity index (χ3v) is 5.94. The number of amides is 2. The van der Waals surface area contributed by atoms with Crippen molar-refractivity contribution in [3.05, 3.63) is 72.4 Å². The average molecular weight is 432 g/mol. The number of hydrogen-bond acceptors (Lipinski definition) is 5. The molecule has 2 heterocycles. The molecule has 7 heteroatoms. The lowest BCUT2D eigenvalue weighted by molar-refractivity contribution is -0.127. The van der Waals surface area contributed by atoms with Crippen LogP contribution in [0.15, 0.2) is 66.9 Å². The van der Waals surface area contributed by atoms with Gasteiger partial charge in [0, 0.05) is 17.3 Å². The molecular formula is C25H29N5O2. The van der Waals surface area contributed by atoms with Crippen molar-refractivity contribution in [2.75, 3.05) is 18.4 Å². The maximum Gasteiger partial charge on any atom is 0.246 e. The van der Waals surface area contributed by atoms with E-state index in [-0.39, 0.29) is 23.8 Å². The number of pyridine rings is 1. The minimum absolute atomic E-state index is 0.158. The summed E-state index contributed by atoms with van der Waals surface area (Å²) in [6, 6.07) is 18.4. The van der Waals surface area contributed by atoms with Gasteiger partial charge in [-0.3, -0.25) is 14.6 Å². The van der Waals surface area contributed by atoms with Crippen LogP contribution in [0.4, 0.5) is 5.69 Å². The lowest BCUT2D eigenvalue weighted by atomic mass is 10.0. The number of benzene rings is 2. The number of nitrogens with one attached hydrogen (secondary N) is 3. The fourth-order valence-electron chi connectivity index (χ4n) is 4.06. The molecule has 166 valence electrons. The Bertz CT molecular complexity index is 1070. The monoisotopic (exact) mass is 431 g/mol. The van der Waals surface area contributed by atoms with Crippen molar-refractivity contribution in [2.24, 2.45) is 11.7 Å². The van der Waals surface area contributed by atoms with Crippen molar-refractivity contribution in [1.82, 2.24) is 15.6 Å². The standard InChI is InChI=1S/C25H29N5O2/c26-15-18-13-23(28-16-18)25(32)30-21(11-8-17-5-2-1-3-6-17)24(31)29-20-10-9-19-7-4-12-27-22(19)14-20/h1-7,9-10,12,14,18,21,23,28H,8,11,13,15-16,26H2,(H,29,31)(H,30,32)/t18-,21?,23-/m1/s1. The van der Waals surface area contributed by atoms with Crippen LogP contribution >= 0.6 is 0 Å². The van der Waals surface area contributed by atoms with Crippen LogP contribution in [-0.4, -0.2) is 42.0 Å². The molecule has 3 aromatic rings. The first-order valence-electron chi connectivity index (χ1n) is 11.1. The van der Waals surface area contributed by atoms with E-state index in [0.29, 0.717) is 31.5 Å². The van der Waals surface area contributed by atoms with Gasteiger partial charge in [-0.25, -0.2) is 0 Å². The lowest BCUT2D eigenvalue weighted by Crippen LogP contribution is -2.50. The van der Waals surface area contributed by atoms with Crippen molar-refractivity contribution in [3.8, 4) is 0 Å². The predicted molar refractivity (Wildman–Crippen MR) is 126 cm³/mol. The number of fused-ring (bicyclic) bond motifs is 1. The molecule has 7 nitrogen and oxygen atoms in total. The van der Waals surface area contributed by atoms with E-state index in [1.54, 1.807) is 6.20 Å². The maximum atomic E-state index is 13.2. The number of hydrogen-bond donors (Lipinski definition) is 4. The lowest BCUT2D eigenvalue weighted by Gasteiger charge is -2.21. The number of carbonyl (C=O) groups excluding carboxylic acids is 2. The van der Waals surface area contributed by atoms with Crippen molar-refractivity contribution in [1.29, 1.82) is 0 Å². The number of rotatable bonds is 8. The molecule has 2 amide bonds.